The number of halogens is 2. The summed E-state index contributed by atoms with van der Waals surface area (Å²) < 4.78 is 0. The molecule has 1 aromatic carbocycles. The number of piperazine rings is 1. The molecular weight excluding hydrogens is 333 g/mol. The van der Waals surface area contributed by atoms with Crippen molar-refractivity contribution in [2.24, 2.45) is 0 Å². The first kappa shape index (κ1) is 18.5. The van der Waals surface area contributed by atoms with E-state index in [4.69, 9.17) is 0 Å². The fourth-order valence-electron chi connectivity index (χ4n) is 3.95. The van der Waals surface area contributed by atoms with Gasteiger partial charge in [0.15, 0.2) is 0 Å². The van der Waals surface area contributed by atoms with Crippen LogP contribution in [0, 0.1) is 0 Å². The fourth-order valence-corrected chi connectivity index (χ4v) is 3.95. The molecule has 1 aromatic rings. The van der Waals surface area contributed by atoms with Crippen molar-refractivity contribution >= 4 is 30.7 Å². The van der Waals surface area contributed by atoms with Gasteiger partial charge in [0.05, 0.1) is 0 Å². The number of amides is 1. The largest absolute Gasteiger partial charge is 0.336 e. The molecule has 3 aliphatic rings. The van der Waals surface area contributed by atoms with Gasteiger partial charge in [-0.25, -0.2) is 0 Å². The summed E-state index contributed by atoms with van der Waals surface area (Å²) in [4.78, 5) is 17.4. The molecular formula is C17H25Cl2N3O. The lowest BCUT2D eigenvalue weighted by Gasteiger charge is -2.44. The van der Waals surface area contributed by atoms with E-state index in [-0.39, 0.29) is 30.7 Å². The summed E-state index contributed by atoms with van der Waals surface area (Å²) >= 11 is 0. The van der Waals surface area contributed by atoms with Crippen molar-refractivity contribution in [1.82, 2.24) is 15.1 Å². The Morgan fingerprint density at radius 1 is 1.04 bits per heavy atom. The Hall–Kier alpha value is -0.810. The Morgan fingerprint density at radius 2 is 1.87 bits per heavy atom. The third kappa shape index (κ3) is 3.66. The fraction of sp³-hybridized carbons (Fsp3) is 0.588. The predicted molar refractivity (Wildman–Crippen MR) is 96.6 cm³/mol. The van der Waals surface area contributed by atoms with E-state index >= 15 is 0 Å². The maximum Gasteiger partial charge on any atom is 0.253 e. The van der Waals surface area contributed by atoms with Crippen LogP contribution in [0.2, 0.25) is 0 Å². The van der Waals surface area contributed by atoms with Gasteiger partial charge >= 0.3 is 0 Å². The molecule has 1 amide bonds. The highest BCUT2D eigenvalue weighted by Gasteiger charge is 2.31. The molecule has 3 heterocycles. The first-order valence-corrected chi connectivity index (χ1v) is 8.17. The summed E-state index contributed by atoms with van der Waals surface area (Å²) in [6.45, 7) is 5.89. The van der Waals surface area contributed by atoms with Gasteiger partial charge in [-0.05, 0) is 42.6 Å². The number of nitrogens with one attached hydrogen (secondary N) is 1. The molecule has 4 rings (SSSR count). The molecule has 0 aliphatic carbocycles. The van der Waals surface area contributed by atoms with Crippen LogP contribution in [-0.4, -0.2) is 47.9 Å². The van der Waals surface area contributed by atoms with Crippen molar-refractivity contribution in [3.05, 3.63) is 34.9 Å². The summed E-state index contributed by atoms with van der Waals surface area (Å²) in [5.41, 5.74) is 3.49. The van der Waals surface area contributed by atoms with Crippen molar-refractivity contribution < 1.29 is 4.79 Å². The number of fused-ring (bicyclic) bond motifs is 2. The normalized spacial score (nSPS) is 23.3. The van der Waals surface area contributed by atoms with Gasteiger partial charge in [-0.2, -0.15) is 0 Å². The van der Waals surface area contributed by atoms with E-state index in [2.05, 4.69) is 27.2 Å². The zero-order valence-corrected chi connectivity index (χ0v) is 14.9. The average Bonchev–Trinajstić information content (AvgIpc) is 3.01. The number of nitrogens with zero attached hydrogens (tertiary/aromatic N) is 2. The lowest BCUT2D eigenvalue weighted by molar-refractivity contribution is 0.0372. The first-order chi connectivity index (χ1) is 10.3. The predicted octanol–water partition coefficient (Wildman–Crippen LogP) is 2.44. The van der Waals surface area contributed by atoms with Gasteiger partial charge in [0.1, 0.15) is 0 Å². The molecule has 1 atom stereocenters. The van der Waals surface area contributed by atoms with Crippen LogP contribution in [0.5, 0.6) is 0 Å². The molecule has 0 radical (unpaired) electrons. The molecule has 23 heavy (non-hydrogen) atoms. The molecule has 0 spiro atoms. The number of rotatable bonds is 1. The second-order valence-electron chi connectivity index (χ2n) is 6.52. The van der Waals surface area contributed by atoms with Crippen molar-refractivity contribution in [1.29, 1.82) is 0 Å². The zero-order valence-electron chi connectivity index (χ0n) is 13.3. The van der Waals surface area contributed by atoms with E-state index in [1.54, 1.807) is 0 Å². The average molecular weight is 358 g/mol. The van der Waals surface area contributed by atoms with Crippen LogP contribution in [0.1, 0.15) is 40.7 Å². The van der Waals surface area contributed by atoms with Crippen molar-refractivity contribution in [3.8, 4) is 0 Å². The Bertz CT molecular complexity index is 567. The van der Waals surface area contributed by atoms with Crippen LogP contribution in [0.25, 0.3) is 0 Å². The van der Waals surface area contributed by atoms with E-state index in [1.807, 2.05) is 6.07 Å². The van der Waals surface area contributed by atoms with Crippen LogP contribution in [0.15, 0.2) is 18.2 Å². The lowest BCUT2D eigenvalue weighted by Crippen LogP contribution is -2.56. The summed E-state index contributed by atoms with van der Waals surface area (Å²) in [5.74, 6) is 0.218. The van der Waals surface area contributed by atoms with Crippen LogP contribution in [0.3, 0.4) is 0 Å². The molecule has 2 saturated heterocycles. The van der Waals surface area contributed by atoms with Crippen LogP contribution in [0.4, 0.5) is 0 Å². The minimum absolute atomic E-state index is 0. The Kier molecular flexibility index (Phi) is 6.32. The van der Waals surface area contributed by atoms with E-state index in [1.165, 1.54) is 36.9 Å². The first-order valence-electron chi connectivity index (χ1n) is 8.17. The second kappa shape index (κ2) is 7.84. The summed E-state index contributed by atoms with van der Waals surface area (Å²) in [6, 6.07) is 6.79. The number of carbonyl (C=O) groups is 1. The van der Waals surface area contributed by atoms with E-state index in [0.717, 1.165) is 38.3 Å². The number of hydrogen-bond acceptors (Lipinski definition) is 3. The molecule has 0 saturated carbocycles. The molecule has 1 N–H and O–H groups in total. The number of benzene rings is 1. The van der Waals surface area contributed by atoms with Crippen molar-refractivity contribution in [3.63, 3.8) is 0 Å². The Morgan fingerprint density at radius 3 is 2.74 bits per heavy atom. The highest BCUT2D eigenvalue weighted by molar-refractivity contribution is 5.94. The zero-order chi connectivity index (χ0) is 14.2. The molecule has 128 valence electrons. The SMILES string of the molecule is Cl.Cl.O=C(c1ccc2c(c1)CNC2)N1CCN2CCCCC2C1. The van der Waals surface area contributed by atoms with E-state index in [9.17, 15) is 4.79 Å². The van der Waals surface area contributed by atoms with Gasteiger partial charge in [0.25, 0.3) is 5.91 Å². The molecule has 1 unspecified atom stereocenters. The lowest BCUT2D eigenvalue weighted by atomic mass is 9.98. The summed E-state index contributed by atoms with van der Waals surface area (Å²) in [7, 11) is 0. The standard InChI is InChI=1S/C17H23N3O.2ClH/c21-17(13-4-5-14-10-18-11-15(14)9-13)20-8-7-19-6-2-1-3-16(19)12-20;;/h4-5,9,16,18H,1-3,6-8,10-12H2;2*1H. The van der Waals surface area contributed by atoms with Gasteiger partial charge in [-0.15, -0.1) is 24.8 Å². The smallest absolute Gasteiger partial charge is 0.253 e. The monoisotopic (exact) mass is 357 g/mol. The Balaban J connectivity index is 0.000000960. The van der Waals surface area contributed by atoms with E-state index in [0.29, 0.717) is 6.04 Å². The third-order valence-corrected chi connectivity index (χ3v) is 5.21. The van der Waals surface area contributed by atoms with Crippen LogP contribution in [-0.2, 0) is 13.1 Å². The number of hydrogen-bond donors (Lipinski definition) is 1. The highest BCUT2D eigenvalue weighted by Crippen LogP contribution is 2.23. The van der Waals surface area contributed by atoms with Gasteiger partial charge in [0, 0.05) is 44.3 Å². The maximum absolute atomic E-state index is 12.8. The molecule has 4 nitrogen and oxygen atoms in total. The van der Waals surface area contributed by atoms with Crippen LogP contribution < -0.4 is 5.32 Å². The highest BCUT2D eigenvalue weighted by atomic mass is 35.5. The molecule has 0 aromatic heterocycles. The molecule has 6 heteroatoms. The minimum Gasteiger partial charge on any atom is -0.336 e. The second-order valence-corrected chi connectivity index (χ2v) is 6.52. The van der Waals surface area contributed by atoms with E-state index < -0.39 is 0 Å². The molecule has 0 bridgehead atoms. The molecule has 3 aliphatic heterocycles. The van der Waals surface area contributed by atoms with Crippen LogP contribution >= 0.6 is 24.8 Å². The maximum atomic E-state index is 12.8. The number of piperidine rings is 1. The summed E-state index contributed by atoms with van der Waals surface area (Å²) in [6.07, 6.45) is 3.88. The van der Waals surface area contributed by atoms with Gasteiger partial charge in [-0.1, -0.05) is 12.5 Å². The summed E-state index contributed by atoms with van der Waals surface area (Å²) in [5, 5.41) is 3.34. The quantitative estimate of drug-likeness (QED) is 0.838. The van der Waals surface area contributed by atoms with Gasteiger partial charge in [0.2, 0.25) is 0 Å². The van der Waals surface area contributed by atoms with Crippen molar-refractivity contribution in [2.45, 2.75) is 38.4 Å². The Labute approximate surface area is 150 Å². The molecule has 2 fully saturated rings. The van der Waals surface area contributed by atoms with Gasteiger partial charge < -0.3 is 10.2 Å². The van der Waals surface area contributed by atoms with Gasteiger partial charge in [-0.3, -0.25) is 9.69 Å². The minimum atomic E-state index is 0. The third-order valence-electron chi connectivity index (χ3n) is 5.21. The number of carbonyl (C=O) groups excluding carboxylic acids is 1. The topological polar surface area (TPSA) is 35.6 Å². The van der Waals surface area contributed by atoms with Crippen molar-refractivity contribution in [2.75, 3.05) is 26.2 Å².